The highest BCUT2D eigenvalue weighted by atomic mass is 35.5. The van der Waals surface area contributed by atoms with E-state index in [2.05, 4.69) is 16.4 Å². The van der Waals surface area contributed by atoms with Crippen molar-refractivity contribution >= 4 is 23.0 Å². The Kier molecular flexibility index (Phi) is 4.65. The third-order valence-electron chi connectivity index (χ3n) is 3.67. The summed E-state index contributed by atoms with van der Waals surface area (Å²) in [6.07, 6.45) is 2.61. The van der Waals surface area contributed by atoms with E-state index in [1.54, 1.807) is 12.3 Å². The van der Waals surface area contributed by atoms with Crippen molar-refractivity contribution in [1.29, 1.82) is 5.26 Å². The zero-order valence-corrected chi connectivity index (χ0v) is 13.4. The average Bonchev–Trinajstić information content (AvgIpc) is 3.03. The van der Waals surface area contributed by atoms with Gasteiger partial charge in [0.1, 0.15) is 28.6 Å². The molecule has 1 unspecified atom stereocenters. The molecule has 0 saturated carbocycles. The van der Waals surface area contributed by atoms with E-state index in [0.717, 1.165) is 30.0 Å². The van der Waals surface area contributed by atoms with Gasteiger partial charge in [0, 0.05) is 18.3 Å². The van der Waals surface area contributed by atoms with Crippen molar-refractivity contribution in [2.45, 2.75) is 19.4 Å². The number of nitrogens with zero attached hydrogens (tertiary/aromatic N) is 2. The Morgan fingerprint density at radius 2 is 2.26 bits per heavy atom. The van der Waals surface area contributed by atoms with Crippen LogP contribution in [0.1, 0.15) is 17.5 Å². The number of hydrogen-bond acceptors (Lipinski definition) is 5. The van der Waals surface area contributed by atoms with Crippen LogP contribution in [0.4, 0.5) is 11.4 Å². The molecule has 0 aliphatic carbocycles. The van der Waals surface area contributed by atoms with Gasteiger partial charge in [-0.3, -0.25) is 0 Å². The van der Waals surface area contributed by atoms with Crippen LogP contribution in [-0.4, -0.2) is 24.3 Å². The van der Waals surface area contributed by atoms with Gasteiger partial charge in [-0.15, -0.1) is 0 Å². The van der Waals surface area contributed by atoms with Gasteiger partial charge in [0.25, 0.3) is 0 Å². The molecule has 3 rings (SSSR count). The van der Waals surface area contributed by atoms with Gasteiger partial charge >= 0.3 is 0 Å². The molecule has 1 N–H and O–H groups in total. The molecule has 5 nitrogen and oxygen atoms in total. The van der Waals surface area contributed by atoms with Gasteiger partial charge in [0.2, 0.25) is 0 Å². The number of aryl methyl sites for hydroxylation is 1. The molecule has 1 aliphatic heterocycles. The topological polar surface area (TPSA) is 67.2 Å². The second-order valence-corrected chi connectivity index (χ2v) is 5.70. The van der Waals surface area contributed by atoms with Crippen LogP contribution in [0.15, 0.2) is 30.5 Å². The molecule has 118 valence electrons. The third kappa shape index (κ3) is 3.55. The Hall–Kier alpha value is -2.29. The summed E-state index contributed by atoms with van der Waals surface area (Å²) in [5, 5.41) is 12.6. The van der Waals surface area contributed by atoms with Crippen molar-refractivity contribution in [2.24, 2.45) is 0 Å². The maximum absolute atomic E-state index is 9.20. The lowest BCUT2D eigenvalue weighted by molar-refractivity contribution is 0.141. The lowest BCUT2D eigenvalue weighted by Gasteiger charge is -2.15. The van der Waals surface area contributed by atoms with E-state index in [9.17, 15) is 5.26 Å². The molecule has 0 spiro atoms. The van der Waals surface area contributed by atoms with Crippen LogP contribution in [0.5, 0.6) is 5.75 Å². The van der Waals surface area contributed by atoms with Gasteiger partial charge < -0.3 is 14.8 Å². The number of aromatic nitrogens is 1. The Balaban J connectivity index is 1.79. The predicted molar refractivity (Wildman–Crippen MR) is 88.3 cm³/mol. The molecule has 2 aromatic rings. The summed E-state index contributed by atoms with van der Waals surface area (Å²) in [7, 11) is 0. The van der Waals surface area contributed by atoms with Gasteiger partial charge in [-0.05, 0) is 36.8 Å². The SMILES string of the molecule is Cc1cc(OC2CCOC2)ccc1Nc1ccnc(Cl)c1C#N. The Bertz CT molecular complexity index is 752. The Morgan fingerprint density at radius 1 is 1.39 bits per heavy atom. The quantitative estimate of drug-likeness (QED) is 0.863. The average molecular weight is 330 g/mol. The van der Waals surface area contributed by atoms with E-state index in [1.165, 1.54) is 0 Å². The highest BCUT2D eigenvalue weighted by molar-refractivity contribution is 6.30. The van der Waals surface area contributed by atoms with E-state index in [0.29, 0.717) is 17.9 Å². The number of benzene rings is 1. The molecule has 2 heterocycles. The fraction of sp³-hybridized carbons (Fsp3) is 0.294. The summed E-state index contributed by atoms with van der Waals surface area (Å²) in [5.74, 6) is 0.816. The van der Waals surface area contributed by atoms with Crippen molar-refractivity contribution < 1.29 is 9.47 Å². The number of ether oxygens (including phenoxy) is 2. The first kappa shape index (κ1) is 15.6. The Morgan fingerprint density at radius 3 is 2.96 bits per heavy atom. The van der Waals surface area contributed by atoms with E-state index < -0.39 is 0 Å². The number of halogens is 1. The van der Waals surface area contributed by atoms with Crippen molar-refractivity contribution in [2.75, 3.05) is 18.5 Å². The molecular weight excluding hydrogens is 314 g/mol. The minimum atomic E-state index is 0.123. The normalized spacial score (nSPS) is 16.8. The summed E-state index contributed by atoms with van der Waals surface area (Å²) < 4.78 is 11.2. The molecule has 1 saturated heterocycles. The largest absolute Gasteiger partial charge is 0.488 e. The monoisotopic (exact) mass is 329 g/mol. The second kappa shape index (κ2) is 6.86. The number of rotatable bonds is 4. The van der Waals surface area contributed by atoms with Crippen LogP contribution >= 0.6 is 11.6 Å². The highest BCUT2D eigenvalue weighted by Crippen LogP contribution is 2.29. The first-order valence-electron chi connectivity index (χ1n) is 7.34. The number of pyridine rings is 1. The summed E-state index contributed by atoms with van der Waals surface area (Å²) in [4.78, 5) is 3.92. The number of hydrogen-bond donors (Lipinski definition) is 1. The standard InChI is InChI=1S/C17H16ClN3O2/c1-11-8-12(23-13-5-7-22-10-13)2-3-15(11)21-16-4-6-20-17(18)14(16)9-19/h2-4,6,8,13H,5,7,10H2,1H3,(H,20,21). The van der Waals surface area contributed by atoms with Crippen molar-refractivity contribution in [3.8, 4) is 11.8 Å². The van der Waals surface area contributed by atoms with E-state index in [1.807, 2.05) is 25.1 Å². The maximum Gasteiger partial charge on any atom is 0.148 e. The molecule has 0 bridgehead atoms. The smallest absolute Gasteiger partial charge is 0.148 e. The van der Waals surface area contributed by atoms with E-state index in [4.69, 9.17) is 21.1 Å². The maximum atomic E-state index is 9.20. The molecule has 1 aromatic heterocycles. The summed E-state index contributed by atoms with van der Waals surface area (Å²) >= 11 is 5.95. The molecule has 1 fully saturated rings. The lowest BCUT2D eigenvalue weighted by Crippen LogP contribution is -2.15. The molecule has 1 aliphatic rings. The van der Waals surface area contributed by atoms with Crippen LogP contribution in [0.3, 0.4) is 0 Å². The summed E-state index contributed by atoms with van der Waals surface area (Å²) in [6, 6.07) is 9.59. The highest BCUT2D eigenvalue weighted by Gasteiger charge is 2.17. The number of nitrogens with one attached hydrogen (secondary N) is 1. The first-order chi connectivity index (χ1) is 11.2. The first-order valence-corrected chi connectivity index (χ1v) is 7.72. The molecular formula is C17H16ClN3O2. The van der Waals surface area contributed by atoms with Crippen molar-refractivity contribution in [3.63, 3.8) is 0 Å². The minimum absolute atomic E-state index is 0.123. The lowest BCUT2D eigenvalue weighted by atomic mass is 10.1. The van der Waals surface area contributed by atoms with Crippen LogP contribution < -0.4 is 10.1 Å². The fourth-order valence-electron chi connectivity index (χ4n) is 2.44. The van der Waals surface area contributed by atoms with Gasteiger partial charge in [0.05, 0.1) is 18.9 Å². The predicted octanol–water partition coefficient (Wildman–Crippen LogP) is 3.83. The van der Waals surface area contributed by atoms with Crippen LogP contribution in [0.25, 0.3) is 0 Å². The molecule has 23 heavy (non-hydrogen) atoms. The third-order valence-corrected chi connectivity index (χ3v) is 3.96. The van der Waals surface area contributed by atoms with Gasteiger partial charge in [0.15, 0.2) is 0 Å². The van der Waals surface area contributed by atoms with E-state index in [-0.39, 0.29) is 11.3 Å². The summed E-state index contributed by atoms with van der Waals surface area (Å²) in [6.45, 7) is 3.37. The zero-order valence-electron chi connectivity index (χ0n) is 12.7. The Labute approximate surface area is 139 Å². The minimum Gasteiger partial charge on any atom is -0.488 e. The molecule has 0 radical (unpaired) electrons. The molecule has 1 atom stereocenters. The van der Waals surface area contributed by atoms with Gasteiger partial charge in [-0.2, -0.15) is 5.26 Å². The van der Waals surface area contributed by atoms with E-state index >= 15 is 0 Å². The van der Waals surface area contributed by atoms with Crippen molar-refractivity contribution in [3.05, 3.63) is 46.7 Å². The van der Waals surface area contributed by atoms with Crippen LogP contribution in [0.2, 0.25) is 5.15 Å². The van der Waals surface area contributed by atoms with Crippen LogP contribution in [-0.2, 0) is 4.74 Å². The van der Waals surface area contributed by atoms with Crippen molar-refractivity contribution in [1.82, 2.24) is 4.98 Å². The number of nitriles is 1. The molecule has 0 amide bonds. The van der Waals surface area contributed by atoms with Gasteiger partial charge in [-0.25, -0.2) is 4.98 Å². The number of anilines is 2. The van der Waals surface area contributed by atoms with Gasteiger partial charge in [-0.1, -0.05) is 11.6 Å². The summed E-state index contributed by atoms with van der Waals surface area (Å²) in [5.41, 5.74) is 2.86. The fourth-order valence-corrected chi connectivity index (χ4v) is 2.64. The molecule has 6 heteroatoms. The van der Waals surface area contributed by atoms with Crippen LogP contribution in [0, 0.1) is 18.3 Å². The molecule has 1 aromatic carbocycles. The second-order valence-electron chi connectivity index (χ2n) is 5.34. The zero-order chi connectivity index (χ0) is 16.2.